The van der Waals surface area contributed by atoms with E-state index in [-0.39, 0.29) is 11.9 Å². The third-order valence-corrected chi connectivity index (χ3v) is 3.74. The summed E-state index contributed by atoms with van der Waals surface area (Å²) in [6, 6.07) is 0.00583. The first-order chi connectivity index (χ1) is 9.26. The first kappa shape index (κ1) is 14.1. The molecule has 0 unspecified atom stereocenters. The molecule has 0 saturated carbocycles. The van der Waals surface area contributed by atoms with Gasteiger partial charge in [-0.1, -0.05) is 6.92 Å². The maximum Gasteiger partial charge on any atom is 0.220 e. The molecule has 1 atom stereocenters. The van der Waals surface area contributed by atoms with Crippen LogP contribution in [0.5, 0.6) is 0 Å². The van der Waals surface area contributed by atoms with Crippen molar-refractivity contribution in [2.45, 2.75) is 45.7 Å². The first-order valence-corrected chi connectivity index (χ1v) is 7.14. The Morgan fingerprint density at radius 3 is 2.89 bits per heavy atom. The van der Waals surface area contributed by atoms with Gasteiger partial charge in [0.25, 0.3) is 0 Å². The highest BCUT2D eigenvalue weighted by Crippen LogP contribution is 2.29. The number of aryl methyl sites for hydroxylation is 1. The van der Waals surface area contributed by atoms with Crippen LogP contribution in [0.2, 0.25) is 0 Å². The van der Waals surface area contributed by atoms with Gasteiger partial charge in [-0.3, -0.25) is 4.79 Å². The van der Waals surface area contributed by atoms with Crippen molar-refractivity contribution in [2.24, 2.45) is 5.92 Å². The number of hydrogen-bond donors (Lipinski definition) is 1. The van der Waals surface area contributed by atoms with Gasteiger partial charge in [0.15, 0.2) is 0 Å². The van der Waals surface area contributed by atoms with Gasteiger partial charge in [0.2, 0.25) is 5.91 Å². The van der Waals surface area contributed by atoms with E-state index in [9.17, 15) is 4.79 Å². The third kappa shape index (κ3) is 3.35. The van der Waals surface area contributed by atoms with Gasteiger partial charge in [0.1, 0.15) is 5.82 Å². The summed E-state index contributed by atoms with van der Waals surface area (Å²) in [5, 5.41) is 3.14. The Kier molecular flexibility index (Phi) is 4.96. The monoisotopic (exact) mass is 265 g/mol. The predicted molar refractivity (Wildman–Crippen MR) is 72.6 cm³/mol. The lowest BCUT2D eigenvalue weighted by Gasteiger charge is -2.30. The van der Waals surface area contributed by atoms with Gasteiger partial charge < -0.3 is 14.6 Å². The Balaban J connectivity index is 2.19. The Bertz CT molecular complexity index is 411. The van der Waals surface area contributed by atoms with Crippen molar-refractivity contribution in [2.75, 3.05) is 13.2 Å². The molecule has 1 aliphatic heterocycles. The Morgan fingerprint density at radius 2 is 2.26 bits per heavy atom. The highest BCUT2D eigenvalue weighted by atomic mass is 16.5. The van der Waals surface area contributed by atoms with Crippen LogP contribution in [0.15, 0.2) is 12.4 Å². The van der Waals surface area contributed by atoms with Crippen molar-refractivity contribution in [1.29, 1.82) is 0 Å². The maximum absolute atomic E-state index is 11.8. The summed E-state index contributed by atoms with van der Waals surface area (Å²) in [4.78, 5) is 16.2. The van der Waals surface area contributed by atoms with Gasteiger partial charge in [-0.25, -0.2) is 4.98 Å². The second kappa shape index (κ2) is 6.70. The fourth-order valence-electron chi connectivity index (χ4n) is 2.58. The summed E-state index contributed by atoms with van der Waals surface area (Å²) in [6.07, 6.45) is 6.24. The van der Waals surface area contributed by atoms with Crippen LogP contribution in [0.25, 0.3) is 0 Å². The standard InChI is InChI=1S/C14H23N3O2/c1-3-12(18)16-13(11-5-9-19-10-6-11)14-15-7-8-17(14)4-2/h7-8,11,13H,3-6,9-10H2,1-2H3,(H,16,18)/t13-/m0/s1. The number of imidazole rings is 1. The summed E-state index contributed by atoms with van der Waals surface area (Å²) in [5.74, 6) is 1.47. The van der Waals surface area contributed by atoms with Crippen molar-refractivity contribution in [1.82, 2.24) is 14.9 Å². The molecule has 1 aromatic rings. The zero-order valence-corrected chi connectivity index (χ0v) is 11.8. The molecule has 1 N–H and O–H groups in total. The molecule has 0 aromatic carbocycles. The summed E-state index contributed by atoms with van der Waals surface area (Å²) in [7, 11) is 0. The summed E-state index contributed by atoms with van der Waals surface area (Å²) in [5.41, 5.74) is 0. The van der Waals surface area contributed by atoms with Crippen LogP contribution in [-0.4, -0.2) is 28.7 Å². The van der Waals surface area contributed by atoms with Crippen LogP contribution in [0, 0.1) is 5.92 Å². The summed E-state index contributed by atoms with van der Waals surface area (Å²) < 4.78 is 7.52. The van der Waals surface area contributed by atoms with E-state index in [1.165, 1.54) is 0 Å². The Hall–Kier alpha value is -1.36. The zero-order chi connectivity index (χ0) is 13.7. The average molecular weight is 265 g/mol. The van der Waals surface area contributed by atoms with Gasteiger partial charge in [-0.2, -0.15) is 0 Å². The number of amides is 1. The minimum Gasteiger partial charge on any atom is -0.381 e. The number of carbonyl (C=O) groups is 1. The van der Waals surface area contributed by atoms with Crippen LogP contribution in [0.3, 0.4) is 0 Å². The second-order valence-electron chi connectivity index (χ2n) is 4.92. The van der Waals surface area contributed by atoms with Crippen LogP contribution >= 0.6 is 0 Å². The second-order valence-corrected chi connectivity index (χ2v) is 4.92. The number of hydrogen-bond acceptors (Lipinski definition) is 3. The molecule has 2 heterocycles. The topological polar surface area (TPSA) is 56.2 Å². The van der Waals surface area contributed by atoms with Gasteiger partial charge >= 0.3 is 0 Å². The number of rotatable bonds is 5. The van der Waals surface area contributed by atoms with E-state index in [0.717, 1.165) is 38.4 Å². The highest BCUT2D eigenvalue weighted by Gasteiger charge is 2.29. The molecule has 1 saturated heterocycles. The Morgan fingerprint density at radius 1 is 1.53 bits per heavy atom. The van der Waals surface area contributed by atoms with E-state index in [1.807, 2.05) is 19.3 Å². The van der Waals surface area contributed by atoms with E-state index in [0.29, 0.717) is 12.3 Å². The number of nitrogens with one attached hydrogen (secondary N) is 1. The number of carbonyl (C=O) groups excluding carboxylic acids is 1. The molecule has 5 heteroatoms. The van der Waals surface area contributed by atoms with E-state index >= 15 is 0 Å². The third-order valence-electron chi connectivity index (χ3n) is 3.74. The van der Waals surface area contributed by atoms with Crippen LogP contribution < -0.4 is 5.32 Å². The number of nitrogens with zero attached hydrogens (tertiary/aromatic N) is 2. The zero-order valence-electron chi connectivity index (χ0n) is 11.8. The molecule has 0 aliphatic carbocycles. The number of aromatic nitrogens is 2. The quantitative estimate of drug-likeness (QED) is 0.884. The molecule has 1 aliphatic rings. The SMILES string of the molecule is CCC(=O)N[C@H](c1nccn1CC)C1CCOCC1. The molecule has 1 amide bonds. The smallest absolute Gasteiger partial charge is 0.220 e. The fourth-order valence-corrected chi connectivity index (χ4v) is 2.58. The van der Waals surface area contributed by atoms with Crippen molar-refractivity contribution >= 4 is 5.91 Å². The van der Waals surface area contributed by atoms with Crippen LogP contribution in [0.4, 0.5) is 0 Å². The normalized spacial score (nSPS) is 18.2. The van der Waals surface area contributed by atoms with Gasteiger partial charge in [-0.05, 0) is 25.7 Å². The van der Waals surface area contributed by atoms with Crippen molar-refractivity contribution in [3.63, 3.8) is 0 Å². The van der Waals surface area contributed by atoms with Gasteiger partial charge in [-0.15, -0.1) is 0 Å². The lowest BCUT2D eigenvalue weighted by molar-refractivity contribution is -0.122. The van der Waals surface area contributed by atoms with E-state index < -0.39 is 0 Å². The molecular formula is C14H23N3O2. The fraction of sp³-hybridized carbons (Fsp3) is 0.714. The highest BCUT2D eigenvalue weighted by molar-refractivity contribution is 5.75. The predicted octanol–water partition coefficient (Wildman–Crippen LogP) is 1.90. The lowest BCUT2D eigenvalue weighted by atomic mass is 9.91. The Labute approximate surface area is 114 Å². The minimum absolute atomic E-state index is 0.00583. The lowest BCUT2D eigenvalue weighted by Crippen LogP contribution is -2.37. The van der Waals surface area contributed by atoms with E-state index in [4.69, 9.17) is 4.74 Å². The molecule has 0 spiro atoms. The summed E-state index contributed by atoms with van der Waals surface area (Å²) in [6.45, 7) is 6.39. The molecule has 5 nitrogen and oxygen atoms in total. The van der Waals surface area contributed by atoms with Crippen molar-refractivity contribution < 1.29 is 9.53 Å². The molecule has 1 aromatic heterocycles. The van der Waals surface area contributed by atoms with Gasteiger partial charge in [0, 0.05) is 38.6 Å². The van der Waals surface area contributed by atoms with Crippen LogP contribution in [0.1, 0.15) is 45.0 Å². The van der Waals surface area contributed by atoms with E-state index in [2.05, 4.69) is 21.8 Å². The number of ether oxygens (including phenoxy) is 1. The van der Waals surface area contributed by atoms with Crippen LogP contribution in [-0.2, 0) is 16.1 Å². The molecule has 0 bridgehead atoms. The van der Waals surface area contributed by atoms with Crippen molar-refractivity contribution in [3.8, 4) is 0 Å². The maximum atomic E-state index is 11.8. The molecule has 106 valence electrons. The minimum atomic E-state index is 0.00583. The molecule has 19 heavy (non-hydrogen) atoms. The first-order valence-electron chi connectivity index (χ1n) is 7.14. The average Bonchev–Trinajstić information content (AvgIpc) is 2.93. The molecule has 2 rings (SSSR count). The van der Waals surface area contributed by atoms with Gasteiger partial charge in [0.05, 0.1) is 6.04 Å². The summed E-state index contributed by atoms with van der Waals surface area (Å²) >= 11 is 0. The molecular weight excluding hydrogens is 242 g/mol. The molecule has 0 radical (unpaired) electrons. The molecule has 1 fully saturated rings. The largest absolute Gasteiger partial charge is 0.381 e. The van der Waals surface area contributed by atoms with Crippen molar-refractivity contribution in [3.05, 3.63) is 18.2 Å². The van der Waals surface area contributed by atoms with E-state index in [1.54, 1.807) is 0 Å².